The normalized spacial score (nSPS) is 12.2. The molecule has 1 aromatic heterocycles. The Labute approximate surface area is 122 Å². The van der Waals surface area contributed by atoms with Crippen molar-refractivity contribution in [2.24, 2.45) is 5.84 Å². The van der Waals surface area contributed by atoms with E-state index in [0.29, 0.717) is 11.9 Å². The van der Waals surface area contributed by atoms with Gasteiger partial charge in [0.2, 0.25) is 0 Å². The van der Waals surface area contributed by atoms with Gasteiger partial charge in [-0.05, 0) is 19.8 Å². The minimum Gasteiger partial charge on any atom is -0.367 e. The molecule has 0 fully saturated rings. The van der Waals surface area contributed by atoms with Crippen LogP contribution in [0.25, 0.3) is 0 Å². The summed E-state index contributed by atoms with van der Waals surface area (Å²) >= 11 is 0. The number of aryl methyl sites for hydroxylation is 1. The SMILES string of the molecule is CCCCCCC(C)Nc1cc(NN)nc(CCC)n1. The van der Waals surface area contributed by atoms with Gasteiger partial charge in [-0.2, -0.15) is 0 Å². The molecule has 0 aliphatic heterocycles. The van der Waals surface area contributed by atoms with Crippen LogP contribution in [0.2, 0.25) is 0 Å². The van der Waals surface area contributed by atoms with Crippen molar-refractivity contribution < 1.29 is 0 Å². The summed E-state index contributed by atoms with van der Waals surface area (Å²) in [4.78, 5) is 8.89. The molecule has 1 atom stereocenters. The van der Waals surface area contributed by atoms with Crippen LogP contribution < -0.4 is 16.6 Å². The number of aromatic nitrogens is 2. The molecule has 0 radical (unpaired) electrons. The molecule has 0 amide bonds. The minimum atomic E-state index is 0.418. The molecule has 5 nitrogen and oxygen atoms in total. The predicted octanol–water partition coefficient (Wildman–Crippen LogP) is 3.49. The number of unbranched alkanes of at least 4 members (excludes halogenated alkanes) is 3. The molecule has 5 heteroatoms. The van der Waals surface area contributed by atoms with Crippen LogP contribution in [-0.2, 0) is 6.42 Å². The summed E-state index contributed by atoms with van der Waals surface area (Å²) in [6, 6.07) is 2.28. The van der Waals surface area contributed by atoms with Crippen molar-refractivity contribution in [2.45, 2.75) is 71.8 Å². The molecule has 1 rings (SSSR count). The van der Waals surface area contributed by atoms with Crippen LogP contribution in [-0.4, -0.2) is 16.0 Å². The summed E-state index contributed by atoms with van der Waals surface area (Å²) in [5.74, 6) is 7.83. The number of rotatable bonds is 10. The first-order valence-electron chi connectivity index (χ1n) is 7.80. The van der Waals surface area contributed by atoms with E-state index in [-0.39, 0.29) is 0 Å². The van der Waals surface area contributed by atoms with Crippen LogP contribution in [0.3, 0.4) is 0 Å². The number of nitrogens with one attached hydrogen (secondary N) is 2. The number of nitrogen functional groups attached to an aromatic ring is 1. The van der Waals surface area contributed by atoms with Crippen molar-refractivity contribution >= 4 is 11.6 Å². The van der Waals surface area contributed by atoms with Crippen LogP contribution >= 0.6 is 0 Å². The summed E-state index contributed by atoms with van der Waals surface area (Å²) in [7, 11) is 0. The van der Waals surface area contributed by atoms with Crippen LogP contribution in [0, 0.1) is 0 Å². The van der Waals surface area contributed by atoms with Crippen molar-refractivity contribution in [1.29, 1.82) is 0 Å². The van der Waals surface area contributed by atoms with Gasteiger partial charge < -0.3 is 10.7 Å². The molecule has 4 N–H and O–H groups in total. The number of nitrogens with zero attached hydrogens (tertiary/aromatic N) is 2. The smallest absolute Gasteiger partial charge is 0.145 e. The zero-order chi connectivity index (χ0) is 14.8. The zero-order valence-corrected chi connectivity index (χ0v) is 13.1. The fourth-order valence-electron chi connectivity index (χ4n) is 2.18. The van der Waals surface area contributed by atoms with E-state index < -0.39 is 0 Å². The largest absolute Gasteiger partial charge is 0.367 e. The van der Waals surface area contributed by atoms with Crippen LogP contribution in [0.5, 0.6) is 0 Å². The molecule has 0 aliphatic carbocycles. The lowest BCUT2D eigenvalue weighted by Gasteiger charge is -2.15. The molecule has 0 bridgehead atoms. The Kier molecular flexibility index (Phi) is 7.95. The first-order chi connectivity index (χ1) is 9.69. The van der Waals surface area contributed by atoms with Gasteiger partial charge in [-0.3, -0.25) is 0 Å². The molecule has 0 aromatic carbocycles. The summed E-state index contributed by atoms with van der Waals surface area (Å²) < 4.78 is 0. The Morgan fingerprint density at radius 2 is 1.85 bits per heavy atom. The van der Waals surface area contributed by atoms with Gasteiger partial charge in [0.25, 0.3) is 0 Å². The lowest BCUT2D eigenvalue weighted by Crippen LogP contribution is -2.18. The molecule has 0 saturated carbocycles. The second kappa shape index (κ2) is 9.53. The molecule has 0 spiro atoms. The maximum atomic E-state index is 5.46. The average molecular weight is 279 g/mol. The average Bonchev–Trinajstić information content (AvgIpc) is 2.43. The Morgan fingerprint density at radius 1 is 1.10 bits per heavy atom. The van der Waals surface area contributed by atoms with E-state index in [1.54, 1.807) is 0 Å². The highest BCUT2D eigenvalue weighted by molar-refractivity contribution is 5.47. The summed E-state index contributed by atoms with van der Waals surface area (Å²) in [6.45, 7) is 6.55. The minimum absolute atomic E-state index is 0.418. The van der Waals surface area contributed by atoms with Gasteiger partial charge in [-0.1, -0.05) is 39.5 Å². The molecule has 1 heterocycles. The van der Waals surface area contributed by atoms with Crippen LogP contribution in [0.15, 0.2) is 6.07 Å². The zero-order valence-electron chi connectivity index (χ0n) is 13.1. The Morgan fingerprint density at radius 3 is 2.50 bits per heavy atom. The van der Waals surface area contributed by atoms with E-state index in [1.165, 1.54) is 32.1 Å². The van der Waals surface area contributed by atoms with Gasteiger partial charge in [0.15, 0.2) is 0 Å². The monoisotopic (exact) mass is 279 g/mol. The van der Waals surface area contributed by atoms with E-state index in [0.717, 1.165) is 24.5 Å². The number of hydrogen-bond acceptors (Lipinski definition) is 5. The lowest BCUT2D eigenvalue weighted by molar-refractivity contribution is 0.592. The maximum absolute atomic E-state index is 5.46. The summed E-state index contributed by atoms with van der Waals surface area (Å²) in [6.07, 6.45) is 8.23. The maximum Gasteiger partial charge on any atom is 0.145 e. The van der Waals surface area contributed by atoms with Crippen LogP contribution in [0.4, 0.5) is 11.6 Å². The molecule has 114 valence electrons. The molecule has 0 aliphatic rings. The first-order valence-corrected chi connectivity index (χ1v) is 7.80. The fourth-order valence-corrected chi connectivity index (χ4v) is 2.18. The van der Waals surface area contributed by atoms with Crippen molar-refractivity contribution in [3.63, 3.8) is 0 Å². The van der Waals surface area contributed by atoms with Gasteiger partial charge in [-0.25, -0.2) is 15.8 Å². The highest BCUT2D eigenvalue weighted by Gasteiger charge is 2.07. The third kappa shape index (κ3) is 6.19. The summed E-state index contributed by atoms with van der Waals surface area (Å²) in [5.41, 5.74) is 2.61. The Balaban J connectivity index is 2.54. The van der Waals surface area contributed by atoms with E-state index in [9.17, 15) is 0 Å². The first kappa shape index (κ1) is 16.7. The molecule has 20 heavy (non-hydrogen) atoms. The highest BCUT2D eigenvalue weighted by Crippen LogP contribution is 2.14. The van der Waals surface area contributed by atoms with Gasteiger partial charge in [0.05, 0.1) is 0 Å². The van der Waals surface area contributed by atoms with Gasteiger partial charge in [-0.15, -0.1) is 0 Å². The summed E-state index contributed by atoms with van der Waals surface area (Å²) in [5, 5.41) is 3.45. The number of hydrazine groups is 1. The Hall–Kier alpha value is -1.36. The highest BCUT2D eigenvalue weighted by atomic mass is 15.3. The molecular formula is C15H29N5. The topological polar surface area (TPSA) is 75.9 Å². The fraction of sp³-hybridized carbons (Fsp3) is 0.733. The van der Waals surface area contributed by atoms with Gasteiger partial charge in [0.1, 0.15) is 17.5 Å². The number of anilines is 2. The van der Waals surface area contributed by atoms with Crippen molar-refractivity contribution in [3.8, 4) is 0 Å². The number of nitrogens with two attached hydrogens (primary N) is 1. The van der Waals surface area contributed by atoms with E-state index in [2.05, 4.69) is 41.5 Å². The molecule has 1 aromatic rings. The van der Waals surface area contributed by atoms with E-state index >= 15 is 0 Å². The predicted molar refractivity (Wildman–Crippen MR) is 85.7 cm³/mol. The quantitative estimate of drug-likeness (QED) is 0.347. The standard InChI is InChI=1S/C15H29N5/c1-4-6-7-8-10-12(3)17-14-11-15(20-16)19-13(18-14)9-5-2/h11-12H,4-10,16H2,1-3H3,(H2,17,18,19,20). The van der Waals surface area contributed by atoms with Crippen molar-refractivity contribution in [1.82, 2.24) is 9.97 Å². The lowest BCUT2D eigenvalue weighted by atomic mass is 10.1. The van der Waals surface area contributed by atoms with Crippen LogP contribution in [0.1, 0.15) is 65.1 Å². The second-order valence-corrected chi connectivity index (χ2v) is 5.34. The molecule has 1 unspecified atom stereocenters. The third-order valence-electron chi connectivity index (χ3n) is 3.28. The third-order valence-corrected chi connectivity index (χ3v) is 3.28. The van der Waals surface area contributed by atoms with Gasteiger partial charge >= 0.3 is 0 Å². The van der Waals surface area contributed by atoms with E-state index in [4.69, 9.17) is 5.84 Å². The van der Waals surface area contributed by atoms with Crippen molar-refractivity contribution in [2.75, 3.05) is 10.7 Å². The molecule has 0 saturated heterocycles. The second-order valence-electron chi connectivity index (χ2n) is 5.34. The van der Waals surface area contributed by atoms with Crippen molar-refractivity contribution in [3.05, 3.63) is 11.9 Å². The van der Waals surface area contributed by atoms with E-state index in [1.807, 2.05) is 6.07 Å². The van der Waals surface area contributed by atoms with Gasteiger partial charge in [0, 0.05) is 18.5 Å². The molecular weight excluding hydrogens is 250 g/mol. The number of hydrogen-bond donors (Lipinski definition) is 3. The Bertz CT molecular complexity index is 381.